The molecule has 0 amide bonds. The molecule has 2 nitrogen and oxygen atoms in total. The van der Waals surface area contributed by atoms with Gasteiger partial charge in [0.25, 0.3) is 0 Å². The van der Waals surface area contributed by atoms with E-state index in [1.807, 2.05) is 13.8 Å². The van der Waals surface area contributed by atoms with Gasteiger partial charge in [0.2, 0.25) is 0 Å². The van der Waals surface area contributed by atoms with Crippen LogP contribution in [0.5, 0.6) is 5.75 Å². The number of phenols is 1. The smallest absolute Gasteiger partial charge is 0.196 e. The van der Waals surface area contributed by atoms with Crippen molar-refractivity contribution in [2.45, 2.75) is 26.7 Å². The topological polar surface area (TPSA) is 37.3 Å². The molecule has 0 unspecified atom stereocenters. The number of carbonyl (C=O) groups is 1. The van der Waals surface area contributed by atoms with E-state index in [4.69, 9.17) is 11.6 Å². The first kappa shape index (κ1) is 14.6. The number of aryl methyl sites for hydroxylation is 2. The molecule has 1 N–H and O–H groups in total. The van der Waals surface area contributed by atoms with Crippen molar-refractivity contribution in [3.63, 3.8) is 0 Å². The number of aromatic hydroxyl groups is 1. The minimum atomic E-state index is -0.184. The van der Waals surface area contributed by atoms with Gasteiger partial charge in [-0.1, -0.05) is 25.4 Å². The first-order chi connectivity index (χ1) is 9.56. The molecule has 2 aromatic carbocycles. The molecule has 0 heterocycles. The van der Waals surface area contributed by atoms with Crippen molar-refractivity contribution in [1.82, 2.24) is 0 Å². The van der Waals surface area contributed by atoms with Crippen molar-refractivity contribution >= 4 is 17.4 Å². The Kier molecular flexibility index (Phi) is 4.46. The van der Waals surface area contributed by atoms with Gasteiger partial charge in [0.05, 0.1) is 5.56 Å². The molecule has 0 aliphatic carbocycles. The minimum Gasteiger partial charge on any atom is -0.507 e. The monoisotopic (exact) mass is 288 g/mol. The fourth-order valence-corrected chi connectivity index (χ4v) is 2.40. The van der Waals surface area contributed by atoms with E-state index in [0.29, 0.717) is 16.1 Å². The van der Waals surface area contributed by atoms with E-state index in [-0.39, 0.29) is 11.5 Å². The van der Waals surface area contributed by atoms with Crippen LogP contribution in [0.1, 0.15) is 40.9 Å². The Morgan fingerprint density at radius 3 is 2.15 bits per heavy atom. The third-order valence-corrected chi connectivity index (χ3v) is 3.68. The number of hydrogen-bond acceptors (Lipinski definition) is 2. The zero-order chi connectivity index (χ0) is 14.7. The first-order valence-corrected chi connectivity index (χ1v) is 7.09. The van der Waals surface area contributed by atoms with Crippen LogP contribution in [-0.4, -0.2) is 10.9 Å². The average molecular weight is 289 g/mol. The van der Waals surface area contributed by atoms with Gasteiger partial charge in [0, 0.05) is 10.6 Å². The summed E-state index contributed by atoms with van der Waals surface area (Å²) in [5, 5.41) is 10.7. The predicted octanol–water partition coefficient (Wildman–Crippen LogP) is 4.40. The molecule has 0 saturated heterocycles. The van der Waals surface area contributed by atoms with Crippen LogP contribution in [0.2, 0.25) is 5.02 Å². The molecule has 0 fully saturated rings. The maximum atomic E-state index is 12.4. The molecule has 0 aromatic heterocycles. The quantitative estimate of drug-likeness (QED) is 0.847. The van der Waals surface area contributed by atoms with E-state index < -0.39 is 0 Å². The molecule has 0 saturated carbocycles. The van der Waals surface area contributed by atoms with Crippen molar-refractivity contribution in [2.75, 3.05) is 0 Å². The zero-order valence-corrected chi connectivity index (χ0v) is 12.4. The number of hydrogen-bond donors (Lipinski definition) is 1. The second-order valence-electron chi connectivity index (χ2n) is 4.68. The Hall–Kier alpha value is -1.80. The number of benzene rings is 2. The summed E-state index contributed by atoms with van der Waals surface area (Å²) in [6, 6.07) is 10.2. The Morgan fingerprint density at radius 2 is 1.60 bits per heavy atom. The highest BCUT2D eigenvalue weighted by Gasteiger charge is 2.16. The maximum Gasteiger partial charge on any atom is 0.196 e. The van der Waals surface area contributed by atoms with Crippen LogP contribution < -0.4 is 0 Å². The highest BCUT2D eigenvalue weighted by Crippen LogP contribution is 2.26. The van der Waals surface area contributed by atoms with Crippen molar-refractivity contribution in [1.29, 1.82) is 0 Å². The van der Waals surface area contributed by atoms with Crippen molar-refractivity contribution in [3.05, 3.63) is 63.7 Å². The Labute approximate surface area is 124 Å². The van der Waals surface area contributed by atoms with Crippen LogP contribution >= 0.6 is 11.6 Å². The largest absolute Gasteiger partial charge is 0.507 e. The summed E-state index contributed by atoms with van der Waals surface area (Å²) in [5.41, 5.74) is 3.05. The Balaban J connectivity index is 2.46. The Morgan fingerprint density at radius 1 is 1.05 bits per heavy atom. The molecule has 0 bridgehead atoms. The third kappa shape index (κ3) is 2.86. The lowest BCUT2D eigenvalue weighted by molar-refractivity contribution is 0.103. The van der Waals surface area contributed by atoms with E-state index in [1.165, 1.54) is 0 Å². The van der Waals surface area contributed by atoms with Crippen molar-refractivity contribution in [2.24, 2.45) is 0 Å². The molecule has 0 aliphatic heterocycles. The summed E-state index contributed by atoms with van der Waals surface area (Å²) >= 11 is 5.82. The van der Waals surface area contributed by atoms with E-state index in [9.17, 15) is 9.90 Å². The zero-order valence-electron chi connectivity index (χ0n) is 11.6. The number of phenolic OH excluding ortho intramolecular Hbond substituents is 1. The van der Waals surface area contributed by atoms with Gasteiger partial charge in [0.15, 0.2) is 5.78 Å². The summed E-state index contributed by atoms with van der Waals surface area (Å²) < 4.78 is 0. The molecule has 104 valence electrons. The minimum absolute atomic E-state index is 0.0407. The summed E-state index contributed by atoms with van der Waals surface area (Å²) in [6.07, 6.45) is 1.68. The predicted molar refractivity (Wildman–Crippen MR) is 81.7 cm³/mol. The second-order valence-corrected chi connectivity index (χ2v) is 5.12. The molecule has 20 heavy (non-hydrogen) atoms. The number of ketones is 1. The fourth-order valence-electron chi connectivity index (χ4n) is 2.27. The number of carbonyl (C=O) groups excluding carboxylic acids is 1. The SMILES string of the molecule is CCc1cc(O)c(C(=O)c2ccc(Cl)cc2)cc1CC. The van der Waals surface area contributed by atoms with Gasteiger partial charge in [-0.2, -0.15) is 0 Å². The summed E-state index contributed by atoms with van der Waals surface area (Å²) in [6.45, 7) is 4.08. The fraction of sp³-hybridized carbons (Fsp3) is 0.235. The van der Waals surface area contributed by atoms with Gasteiger partial charge in [-0.3, -0.25) is 4.79 Å². The average Bonchev–Trinajstić information content (AvgIpc) is 2.47. The van der Waals surface area contributed by atoms with Crippen LogP contribution in [0.3, 0.4) is 0 Å². The van der Waals surface area contributed by atoms with Crippen LogP contribution in [0.25, 0.3) is 0 Å². The third-order valence-electron chi connectivity index (χ3n) is 3.43. The Bertz CT molecular complexity index is 630. The van der Waals surface area contributed by atoms with Crippen LogP contribution in [0.15, 0.2) is 36.4 Å². The molecule has 3 heteroatoms. The molecule has 0 atom stereocenters. The molecule has 0 aliphatic rings. The number of halogens is 1. The molecule has 0 radical (unpaired) electrons. The molecule has 2 rings (SSSR count). The van der Waals surface area contributed by atoms with Crippen LogP contribution in [0, 0.1) is 0 Å². The molecular weight excluding hydrogens is 272 g/mol. The van der Waals surface area contributed by atoms with Gasteiger partial charge in [0.1, 0.15) is 5.75 Å². The summed E-state index contributed by atoms with van der Waals surface area (Å²) in [4.78, 5) is 12.4. The highest BCUT2D eigenvalue weighted by molar-refractivity contribution is 6.30. The van der Waals surface area contributed by atoms with Crippen molar-refractivity contribution in [3.8, 4) is 5.75 Å². The number of rotatable bonds is 4. The maximum absolute atomic E-state index is 12.4. The van der Waals surface area contributed by atoms with Crippen LogP contribution in [-0.2, 0) is 12.8 Å². The van der Waals surface area contributed by atoms with Crippen LogP contribution in [0.4, 0.5) is 0 Å². The van der Waals surface area contributed by atoms with E-state index in [0.717, 1.165) is 24.0 Å². The molecular formula is C17H17ClO2. The molecule has 2 aromatic rings. The standard InChI is InChI=1S/C17H17ClO2/c1-3-11-9-15(16(19)10-12(11)4-2)17(20)13-5-7-14(18)8-6-13/h5-10,19H,3-4H2,1-2H3. The van der Waals surface area contributed by atoms with E-state index in [1.54, 1.807) is 36.4 Å². The van der Waals surface area contributed by atoms with Gasteiger partial charge in [-0.25, -0.2) is 0 Å². The van der Waals surface area contributed by atoms with Gasteiger partial charge < -0.3 is 5.11 Å². The molecule has 0 spiro atoms. The second kappa shape index (κ2) is 6.10. The van der Waals surface area contributed by atoms with Gasteiger partial charge in [-0.05, 0) is 60.4 Å². The summed E-state index contributed by atoms with van der Waals surface area (Å²) in [5.74, 6) is -0.143. The van der Waals surface area contributed by atoms with Crippen molar-refractivity contribution < 1.29 is 9.90 Å². The lowest BCUT2D eigenvalue weighted by Crippen LogP contribution is -2.04. The highest BCUT2D eigenvalue weighted by atomic mass is 35.5. The van der Waals surface area contributed by atoms with E-state index >= 15 is 0 Å². The van der Waals surface area contributed by atoms with E-state index in [2.05, 4.69) is 0 Å². The van der Waals surface area contributed by atoms with Gasteiger partial charge >= 0.3 is 0 Å². The lowest BCUT2D eigenvalue weighted by atomic mass is 9.95. The lowest BCUT2D eigenvalue weighted by Gasteiger charge is -2.11. The first-order valence-electron chi connectivity index (χ1n) is 6.71. The normalized spacial score (nSPS) is 10.6. The van der Waals surface area contributed by atoms with Gasteiger partial charge in [-0.15, -0.1) is 0 Å². The summed E-state index contributed by atoms with van der Waals surface area (Å²) in [7, 11) is 0.